The highest BCUT2D eigenvalue weighted by atomic mass is 35.5. The maximum atomic E-state index is 5.96. The summed E-state index contributed by atoms with van der Waals surface area (Å²) in [7, 11) is 1.94. The molecule has 0 saturated heterocycles. The maximum absolute atomic E-state index is 5.96. The van der Waals surface area contributed by atoms with Crippen molar-refractivity contribution in [1.82, 2.24) is 14.9 Å². The zero-order valence-corrected chi connectivity index (χ0v) is 9.83. The summed E-state index contributed by atoms with van der Waals surface area (Å²) in [5.74, 6) is 1.74. The monoisotopic (exact) mass is 239 g/mol. The van der Waals surface area contributed by atoms with Crippen molar-refractivity contribution in [3.05, 3.63) is 12.0 Å². The van der Waals surface area contributed by atoms with Crippen LogP contribution in [-0.2, 0) is 7.05 Å². The van der Waals surface area contributed by atoms with E-state index in [-0.39, 0.29) is 6.17 Å². The van der Waals surface area contributed by atoms with Crippen LogP contribution in [0.25, 0.3) is 0 Å². The zero-order valence-electron chi connectivity index (χ0n) is 9.07. The van der Waals surface area contributed by atoms with E-state index in [1.165, 1.54) is 12.8 Å². The van der Waals surface area contributed by atoms with Gasteiger partial charge in [0, 0.05) is 13.6 Å². The van der Waals surface area contributed by atoms with Crippen LogP contribution in [0.5, 0.6) is 0 Å². The predicted octanol–water partition coefficient (Wildman–Crippen LogP) is 1.44. The molecule has 1 aromatic heterocycles. The van der Waals surface area contributed by atoms with Crippen molar-refractivity contribution in [3.8, 4) is 0 Å². The van der Waals surface area contributed by atoms with Crippen LogP contribution in [0.2, 0.25) is 0 Å². The molecule has 2 N–H and O–H groups in total. The molecule has 0 spiro atoms. The molecule has 2 heterocycles. The minimum Gasteiger partial charge on any atom is -0.320 e. The minimum absolute atomic E-state index is 0.106. The van der Waals surface area contributed by atoms with E-state index in [1.807, 2.05) is 11.6 Å². The van der Waals surface area contributed by atoms with E-state index in [4.69, 9.17) is 11.6 Å². The number of aryl methyl sites for hydroxylation is 1. The number of rotatable bonds is 3. The summed E-state index contributed by atoms with van der Waals surface area (Å²) in [6, 6.07) is 0. The van der Waals surface area contributed by atoms with Crippen LogP contribution in [0.3, 0.4) is 0 Å². The molecule has 0 amide bonds. The highest BCUT2D eigenvalue weighted by Gasteiger charge is 2.27. The molecular weight excluding hydrogens is 226 g/mol. The molecule has 0 bridgehead atoms. The van der Waals surface area contributed by atoms with Crippen LogP contribution in [0.15, 0.2) is 11.3 Å². The Labute approximate surface area is 98.9 Å². The Kier molecular flexibility index (Phi) is 2.37. The Balaban J connectivity index is 1.81. The molecule has 5 nitrogen and oxygen atoms in total. The smallest absolute Gasteiger partial charge is 0.198 e. The van der Waals surface area contributed by atoms with Crippen LogP contribution in [0.4, 0.5) is 5.82 Å². The molecule has 1 aliphatic carbocycles. The lowest BCUT2D eigenvalue weighted by molar-refractivity contribution is 0.522. The van der Waals surface area contributed by atoms with E-state index >= 15 is 0 Å². The molecule has 0 aromatic carbocycles. The summed E-state index contributed by atoms with van der Waals surface area (Å²) in [5, 5.41) is 6.83. The van der Waals surface area contributed by atoms with Gasteiger partial charge in [-0.05, 0) is 30.4 Å². The third kappa shape index (κ3) is 1.81. The highest BCUT2D eigenvalue weighted by Crippen LogP contribution is 2.31. The van der Waals surface area contributed by atoms with Crippen molar-refractivity contribution >= 4 is 22.7 Å². The second-order valence-electron chi connectivity index (χ2n) is 4.39. The van der Waals surface area contributed by atoms with Gasteiger partial charge in [0.05, 0.1) is 6.33 Å². The zero-order chi connectivity index (χ0) is 11.1. The van der Waals surface area contributed by atoms with Crippen LogP contribution >= 0.6 is 11.6 Å². The SMILES string of the molecule is Cn1cnc2c1NC(Cl)=NC2NCC1CC1. The van der Waals surface area contributed by atoms with E-state index in [0.29, 0.717) is 5.29 Å². The lowest BCUT2D eigenvalue weighted by Gasteiger charge is -2.20. The first-order valence-corrected chi connectivity index (χ1v) is 5.87. The third-order valence-electron chi connectivity index (χ3n) is 2.99. The standard InChI is InChI=1S/C10H14ClN5/c1-16-5-13-7-8(12-4-6-2-3-6)14-10(11)15-9(7)16/h5-6,8,12H,2-4H2,1H3,(H,14,15). The molecule has 1 atom stereocenters. The summed E-state index contributed by atoms with van der Waals surface area (Å²) in [6.45, 7) is 0.994. The highest BCUT2D eigenvalue weighted by molar-refractivity contribution is 6.67. The van der Waals surface area contributed by atoms with Crippen LogP contribution in [-0.4, -0.2) is 21.4 Å². The van der Waals surface area contributed by atoms with Crippen molar-refractivity contribution in [2.24, 2.45) is 18.0 Å². The number of aliphatic imine (C=N–C) groups is 1. The number of amidine groups is 1. The van der Waals surface area contributed by atoms with Gasteiger partial charge in [-0.2, -0.15) is 0 Å². The van der Waals surface area contributed by atoms with Gasteiger partial charge in [-0.1, -0.05) is 0 Å². The molecular formula is C10H14ClN5. The van der Waals surface area contributed by atoms with Gasteiger partial charge in [0.1, 0.15) is 17.7 Å². The van der Waals surface area contributed by atoms with Crippen molar-refractivity contribution in [2.75, 3.05) is 11.9 Å². The second kappa shape index (κ2) is 3.75. The first-order chi connectivity index (χ1) is 7.74. The van der Waals surface area contributed by atoms with Gasteiger partial charge >= 0.3 is 0 Å². The molecule has 16 heavy (non-hydrogen) atoms. The lowest BCUT2D eigenvalue weighted by atomic mass is 10.3. The fourth-order valence-electron chi connectivity index (χ4n) is 1.85. The Morgan fingerprint density at radius 1 is 1.62 bits per heavy atom. The van der Waals surface area contributed by atoms with Crippen molar-refractivity contribution < 1.29 is 0 Å². The van der Waals surface area contributed by atoms with Crippen LogP contribution in [0, 0.1) is 5.92 Å². The first kappa shape index (κ1) is 10.1. The quantitative estimate of drug-likeness (QED) is 0.785. The summed E-state index contributed by atoms with van der Waals surface area (Å²) < 4.78 is 1.91. The van der Waals surface area contributed by atoms with E-state index < -0.39 is 0 Å². The van der Waals surface area contributed by atoms with Gasteiger partial charge in [-0.3, -0.25) is 5.32 Å². The molecule has 3 rings (SSSR count). The Morgan fingerprint density at radius 3 is 3.19 bits per heavy atom. The summed E-state index contributed by atoms with van der Waals surface area (Å²) >= 11 is 5.96. The van der Waals surface area contributed by atoms with Gasteiger partial charge in [-0.25, -0.2) is 9.98 Å². The average molecular weight is 240 g/mol. The summed E-state index contributed by atoms with van der Waals surface area (Å²) in [5.41, 5.74) is 0.924. The minimum atomic E-state index is -0.106. The van der Waals surface area contributed by atoms with E-state index in [1.54, 1.807) is 6.33 Å². The molecule has 1 aromatic rings. The molecule has 0 radical (unpaired) electrons. The summed E-state index contributed by atoms with van der Waals surface area (Å²) in [6.07, 6.45) is 4.31. The molecule has 1 unspecified atom stereocenters. The number of fused-ring (bicyclic) bond motifs is 1. The topological polar surface area (TPSA) is 54.2 Å². The second-order valence-corrected chi connectivity index (χ2v) is 4.75. The van der Waals surface area contributed by atoms with Crippen LogP contribution in [0.1, 0.15) is 24.7 Å². The normalized spacial score (nSPS) is 23.6. The Hall–Kier alpha value is -1.07. The van der Waals surface area contributed by atoms with E-state index in [9.17, 15) is 0 Å². The summed E-state index contributed by atoms with van der Waals surface area (Å²) in [4.78, 5) is 8.66. The number of anilines is 1. The van der Waals surface area contributed by atoms with Gasteiger partial charge in [0.25, 0.3) is 0 Å². The molecule has 1 saturated carbocycles. The number of hydrogen-bond acceptors (Lipinski definition) is 4. The number of hydrogen-bond donors (Lipinski definition) is 2. The molecule has 2 aliphatic rings. The molecule has 1 fully saturated rings. The van der Waals surface area contributed by atoms with Crippen molar-refractivity contribution in [1.29, 1.82) is 0 Å². The van der Waals surface area contributed by atoms with Crippen molar-refractivity contribution in [3.63, 3.8) is 0 Å². The van der Waals surface area contributed by atoms with Gasteiger partial charge in [0.2, 0.25) is 0 Å². The third-order valence-corrected chi connectivity index (χ3v) is 3.18. The molecule has 6 heteroatoms. The number of nitrogens with zero attached hydrogens (tertiary/aromatic N) is 3. The van der Waals surface area contributed by atoms with E-state index in [2.05, 4.69) is 20.6 Å². The Bertz CT molecular complexity index is 434. The molecule has 1 aliphatic heterocycles. The number of imidazole rings is 1. The predicted molar refractivity (Wildman–Crippen MR) is 63.6 cm³/mol. The number of halogens is 1. The first-order valence-electron chi connectivity index (χ1n) is 5.49. The van der Waals surface area contributed by atoms with Gasteiger partial charge in [0.15, 0.2) is 5.29 Å². The van der Waals surface area contributed by atoms with Crippen molar-refractivity contribution in [2.45, 2.75) is 19.0 Å². The molecule has 86 valence electrons. The Morgan fingerprint density at radius 2 is 2.44 bits per heavy atom. The van der Waals surface area contributed by atoms with Gasteiger partial charge < -0.3 is 9.88 Å². The fourth-order valence-corrected chi connectivity index (χ4v) is 2.03. The number of nitrogens with one attached hydrogen (secondary N) is 2. The average Bonchev–Trinajstić information content (AvgIpc) is 3.01. The van der Waals surface area contributed by atoms with Crippen LogP contribution < -0.4 is 10.6 Å². The lowest BCUT2D eigenvalue weighted by Crippen LogP contribution is -2.28. The largest absolute Gasteiger partial charge is 0.320 e. The van der Waals surface area contributed by atoms with Gasteiger partial charge in [-0.15, -0.1) is 0 Å². The van der Waals surface area contributed by atoms with E-state index in [0.717, 1.165) is 24.0 Å². The number of aromatic nitrogens is 2. The fraction of sp³-hybridized carbons (Fsp3) is 0.600. The maximum Gasteiger partial charge on any atom is 0.198 e.